The smallest absolute Gasteiger partial charge is 0.134 e. The summed E-state index contributed by atoms with van der Waals surface area (Å²) >= 11 is 0. The van der Waals surface area contributed by atoms with Gasteiger partial charge in [0.25, 0.3) is 0 Å². The molecule has 3 heteroatoms. The van der Waals surface area contributed by atoms with Crippen LogP contribution in [-0.2, 0) is 6.54 Å². The predicted molar refractivity (Wildman–Crippen MR) is 64.2 cm³/mol. The summed E-state index contributed by atoms with van der Waals surface area (Å²) in [6.45, 7) is 4.75. The highest BCUT2D eigenvalue weighted by atomic mass is 16.3. The monoisotopic (exact) mass is 219 g/mol. The van der Waals surface area contributed by atoms with E-state index >= 15 is 0 Å². The second-order valence-corrected chi connectivity index (χ2v) is 4.65. The van der Waals surface area contributed by atoms with E-state index in [1.54, 1.807) is 6.26 Å². The zero-order chi connectivity index (χ0) is 11.6. The van der Waals surface area contributed by atoms with E-state index in [0.717, 1.165) is 16.5 Å². The van der Waals surface area contributed by atoms with Gasteiger partial charge in [-0.15, -0.1) is 0 Å². The Morgan fingerprint density at radius 2 is 2.06 bits per heavy atom. The number of para-hydroxylation sites is 1. The number of nitrogens with one attached hydrogen (secondary N) is 1. The van der Waals surface area contributed by atoms with Crippen molar-refractivity contribution >= 4 is 11.0 Å². The van der Waals surface area contributed by atoms with Crippen molar-refractivity contribution in [1.82, 2.24) is 5.32 Å². The average molecular weight is 219 g/mol. The minimum Gasteiger partial charge on any atom is -0.464 e. The third-order valence-electron chi connectivity index (χ3n) is 2.71. The van der Waals surface area contributed by atoms with Gasteiger partial charge in [0.15, 0.2) is 0 Å². The lowest BCUT2D eigenvalue weighted by Gasteiger charge is -2.23. The zero-order valence-electron chi connectivity index (χ0n) is 9.66. The molecule has 0 aliphatic carbocycles. The molecule has 0 unspecified atom stereocenters. The Morgan fingerprint density at radius 3 is 2.81 bits per heavy atom. The number of hydrogen-bond acceptors (Lipinski definition) is 3. The molecule has 3 nitrogen and oxygen atoms in total. The number of fused-ring (bicyclic) bond motifs is 1. The first kappa shape index (κ1) is 11.2. The number of rotatable bonds is 4. The van der Waals surface area contributed by atoms with E-state index < -0.39 is 0 Å². The van der Waals surface area contributed by atoms with E-state index in [1.165, 1.54) is 0 Å². The van der Waals surface area contributed by atoms with Gasteiger partial charge in [-0.2, -0.15) is 0 Å². The molecule has 1 heterocycles. The number of furan rings is 1. The Bertz CT molecular complexity index is 473. The van der Waals surface area contributed by atoms with Gasteiger partial charge in [-0.3, -0.25) is 0 Å². The molecule has 86 valence electrons. The molecule has 1 aromatic heterocycles. The van der Waals surface area contributed by atoms with Gasteiger partial charge in [0.1, 0.15) is 5.58 Å². The highest BCUT2D eigenvalue weighted by molar-refractivity contribution is 5.80. The van der Waals surface area contributed by atoms with Crippen LogP contribution in [0.25, 0.3) is 11.0 Å². The van der Waals surface area contributed by atoms with Gasteiger partial charge in [0, 0.05) is 23.0 Å². The molecule has 0 bridgehead atoms. The predicted octanol–water partition coefficient (Wildman–Crippen LogP) is 2.29. The van der Waals surface area contributed by atoms with Crippen LogP contribution in [0.4, 0.5) is 0 Å². The molecule has 0 atom stereocenters. The van der Waals surface area contributed by atoms with Gasteiger partial charge in [-0.25, -0.2) is 0 Å². The van der Waals surface area contributed by atoms with Gasteiger partial charge >= 0.3 is 0 Å². The van der Waals surface area contributed by atoms with E-state index in [-0.39, 0.29) is 12.1 Å². The summed E-state index contributed by atoms with van der Waals surface area (Å²) in [7, 11) is 0. The maximum Gasteiger partial charge on any atom is 0.134 e. The summed E-state index contributed by atoms with van der Waals surface area (Å²) in [5.41, 5.74) is 1.76. The molecule has 0 fully saturated rings. The number of aliphatic hydroxyl groups is 1. The Morgan fingerprint density at radius 1 is 1.31 bits per heavy atom. The van der Waals surface area contributed by atoms with Crippen molar-refractivity contribution in [2.24, 2.45) is 0 Å². The first-order valence-electron chi connectivity index (χ1n) is 5.43. The molecule has 0 aliphatic heterocycles. The first-order valence-corrected chi connectivity index (χ1v) is 5.43. The normalized spacial score (nSPS) is 12.2. The molecule has 1 aromatic carbocycles. The van der Waals surface area contributed by atoms with Crippen LogP contribution in [-0.4, -0.2) is 17.3 Å². The van der Waals surface area contributed by atoms with Crippen LogP contribution in [0.15, 0.2) is 34.9 Å². The molecular weight excluding hydrogens is 202 g/mol. The lowest BCUT2D eigenvalue weighted by Crippen LogP contribution is -2.41. The van der Waals surface area contributed by atoms with Crippen LogP contribution in [0.1, 0.15) is 19.4 Å². The fourth-order valence-electron chi connectivity index (χ4n) is 1.56. The SMILES string of the molecule is CC(C)(CO)NCc1coc2ccccc12. The molecule has 2 aromatic rings. The number of benzene rings is 1. The molecule has 0 spiro atoms. The minimum atomic E-state index is -0.266. The summed E-state index contributed by atoms with van der Waals surface area (Å²) in [6.07, 6.45) is 1.77. The van der Waals surface area contributed by atoms with Crippen molar-refractivity contribution in [2.45, 2.75) is 25.9 Å². The van der Waals surface area contributed by atoms with E-state index in [0.29, 0.717) is 6.54 Å². The quantitative estimate of drug-likeness (QED) is 0.829. The van der Waals surface area contributed by atoms with Crippen LogP contribution >= 0.6 is 0 Å². The van der Waals surface area contributed by atoms with E-state index in [1.807, 2.05) is 38.1 Å². The van der Waals surface area contributed by atoms with Gasteiger partial charge in [0.05, 0.1) is 12.9 Å². The summed E-state index contributed by atoms with van der Waals surface area (Å²) < 4.78 is 5.45. The Balaban J connectivity index is 2.16. The van der Waals surface area contributed by atoms with Crippen molar-refractivity contribution in [3.8, 4) is 0 Å². The third kappa shape index (κ3) is 2.26. The molecule has 0 saturated carbocycles. The van der Waals surface area contributed by atoms with Crippen molar-refractivity contribution < 1.29 is 9.52 Å². The zero-order valence-corrected chi connectivity index (χ0v) is 9.66. The standard InChI is InChI=1S/C13H17NO2/c1-13(2,9-15)14-7-10-8-16-12-6-4-3-5-11(10)12/h3-6,8,14-15H,7,9H2,1-2H3. The van der Waals surface area contributed by atoms with E-state index in [4.69, 9.17) is 9.52 Å². The first-order chi connectivity index (χ1) is 7.62. The fourth-order valence-corrected chi connectivity index (χ4v) is 1.56. The number of hydrogen-bond donors (Lipinski definition) is 2. The molecule has 0 aliphatic rings. The molecule has 0 amide bonds. The van der Waals surface area contributed by atoms with Crippen LogP contribution in [0.2, 0.25) is 0 Å². The Hall–Kier alpha value is -1.32. The summed E-state index contributed by atoms with van der Waals surface area (Å²) in [4.78, 5) is 0. The number of aliphatic hydroxyl groups excluding tert-OH is 1. The third-order valence-corrected chi connectivity index (χ3v) is 2.71. The second kappa shape index (κ2) is 4.28. The minimum absolute atomic E-state index is 0.114. The Labute approximate surface area is 95.1 Å². The topological polar surface area (TPSA) is 45.4 Å². The maximum absolute atomic E-state index is 9.15. The summed E-state index contributed by atoms with van der Waals surface area (Å²) in [5.74, 6) is 0. The van der Waals surface area contributed by atoms with E-state index in [9.17, 15) is 0 Å². The lowest BCUT2D eigenvalue weighted by molar-refractivity contribution is 0.187. The summed E-state index contributed by atoms with van der Waals surface area (Å²) in [6, 6.07) is 7.96. The van der Waals surface area contributed by atoms with Crippen molar-refractivity contribution in [3.05, 3.63) is 36.1 Å². The van der Waals surface area contributed by atoms with Crippen LogP contribution in [0, 0.1) is 0 Å². The largest absolute Gasteiger partial charge is 0.464 e. The maximum atomic E-state index is 9.15. The average Bonchev–Trinajstić information content (AvgIpc) is 2.70. The molecule has 2 N–H and O–H groups in total. The summed E-state index contributed by atoms with van der Waals surface area (Å²) in [5, 5.41) is 13.6. The van der Waals surface area contributed by atoms with Gasteiger partial charge in [-0.05, 0) is 19.9 Å². The fraction of sp³-hybridized carbons (Fsp3) is 0.385. The van der Waals surface area contributed by atoms with E-state index in [2.05, 4.69) is 5.32 Å². The van der Waals surface area contributed by atoms with Crippen LogP contribution in [0.5, 0.6) is 0 Å². The van der Waals surface area contributed by atoms with Gasteiger partial charge in [-0.1, -0.05) is 18.2 Å². The highest BCUT2D eigenvalue weighted by Crippen LogP contribution is 2.20. The van der Waals surface area contributed by atoms with Crippen LogP contribution in [0.3, 0.4) is 0 Å². The highest BCUT2D eigenvalue weighted by Gasteiger charge is 2.16. The molecule has 2 rings (SSSR count). The Kier molecular flexibility index (Phi) is 2.99. The molecule has 0 saturated heterocycles. The van der Waals surface area contributed by atoms with Gasteiger partial charge in [0.2, 0.25) is 0 Å². The molecule has 0 radical (unpaired) electrons. The molecule has 16 heavy (non-hydrogen) atoms. The van der Waals surface area contributed by atoms with Crippen molar-refractivity contribution in [1.29, 1.82) is 0 Å². The van der Waals surface area contributed by atoms with Crippen molar-refractivity contribution in [2.75, 3.05) is 6.61 Å². The van der Waals surface area contributed by atoms with Gasteiger partial charge < -0.3 is 14.8 Å². The van der Waals surface area contributed by atoms with Crippen molar-refractivity contribution in [3.63, 3.8) is 0 Å². The molecular formula is C13H17NO2. The lowest BCUT2D eigenvalue weighted by atomic mass is 10.1. The van der Waals surface area contributed by atoms with Crippen LogP contribution < -0.4 is 5.32 Å². The second-order valence-electron chi connectivity index (χ2n) is 4.65.